The van der Waals surface area contributed by atoms with Crippen LogP contribution in [0.3, 0.4) is 0 Å². The summed E-state index contributed by atoms with van der Waals surface area (Å²) in [6, 6.07) is 0. The van der Waals surface area contributed by atoms with Crippen LogP contribution in [0.25, 0.3) is 0 Å². The number of hydrogen-bond donors (Lipinski definition) is 1. The van der Waals surface area contributed by atoms with Gasteiger partial charge in [0.05, 0.1) is 12.5 Å². The molecule has 0 spiro atoms. The van der Waals surface area contributed by atoms with Gasteiger partial charge in [0.2, 0.25) is 0 Å². The van der Waals surface area contributed by atoms with Gasteiger partial charge >= 0.3 is 5.97 Å². The van der Waals surface area contributed by atoms with Crippen LogP contribution >= 0.6 is 0 Å². The molecule has 0 bridgehead atoms. The van der Waals surface area contributed by atoms with E-state index in [1.165, 1.54) is 7.11 Å². The molecule has 2 N–H and O–H groups in total. The van der Waals surface area contributed by atoms with Gasteiger partial charge in [-0.3, -0.25) is 4.79 Å². The SMILES string of the molecule is COC(=O)C1(CN)CCC(C)CC1. The molecule has 0 aliphatic heterocycles. The number of ether oxygens (including phenoxy) is 1. The van der Waals surface area contributed by atoms with Gasteiger partial charge in [0.25, 0.3) is 0 Å². The van der Waals surface area contributed by atoms with E-state index in [-0.39, 0.29) is 11.4 Å². The smallest absolute Gasteiger partial charge is 0.313 e. The Morgan fingerprint density at radius 1 is 1.54 bits per heavy atom. The maximum Gasteiger partial charge on any atom is 0.313 e. The van der Waals surface area contributed by atoms with Crippen LogP contribution in [-0.4, -0.2) is 19.6 Å². The van der Waals surface area contributed by atoms with Crippen LogP contribution in [0.2, 0.25) is 0 Å². The van der Waals surface area contributed by atoms with Crippen molar-refractivity contribution in [3.05, 3.63) is 0 Å². The Labute approximate surface area is 79.6 Å². The van der Waals surface area contributed by atoms with E-state index < -0.39 is 0 Å². The van der Waals surface area contributed by atoms with Gasteiger partial charge in [-0.05, 0) is 31.6 Å². The maximum absolute atomic E-state index is 11.5. The Balaban J connectivity index is 2.65. The quantitative estimate of drug-likeness (QED) is 0.660. The van der Waals surface area contributed by atoms with Crippen molar-refractivity contribution >= 4 is 5.97 Å². The second kappa shape index (κ2) is 4.09. The van der Waals surface area contributed by atoms with Crippen LogP contribution in [0.15, 0.2) is 0 Å². The fourth-order valence-corrected chi connectivity index (χ4v) is 2.02. The molecule has 1 aliphatic rings. The van der Waals surface area contributed by atoms with Gasteiger partial charge in [-0.2, -0.15) is 0 Å². The third-order valence-electron chi connectivity index (χ3n) is 3.24. The molecule has 76 valence electrons. The Morgan fingerprint density at radius 2 is 2.08 bits per heavy atom. The summed E-state index contributed by atoms with van der Waals surface area (Å²) >= 11 is 0. The summed E-state index contributed by atoms with van der Waals surface area (Å²) in [5, 5.41) is 0. The maximum atomic E-state index is 11.5. The van der Waals surface area contributed by atoms with Crippen molar-refractivity contribution < 1.29 is 9.53 Å². The molecule has 1 aliphatic carbocycles. The first kappa shape index (κ1) is 10.5. The van der Waals surface area contributed by atoms with Gasteiger partial charge in [-0.1, -0.05) is 6.92 Å². The predicted molar refractivity (Wildman–Crippen MR) is 51.1 cm³/mol. The zero-order valence-electron chi connectivity index (χ0n) is 8.51. The average molecular weight is 185 g/mol. The molecule has 0 radical (unpaired) electrons. The van der Waals surface area contributed by atoms with Gasteiger partial charge < -0.3 is 10.5 Å². The summed E-state index contributed by atoms with van der Waals surface area (Å²) in [6.45, 7) is 2.64. The molecule has 0 amide bonds. The highest BCUT2D eigenvalue weighted by Crippen LogP contribution is 2.38. The van der Waals surface area contributed by atoms with Gasteiger partial charge in [0, 0.05) is 6.54 Å². The van der Waals surface area contributed by atoms with Crippen molar-refractivity contribution in [1.82, 2.24) is 0 Å². The number of methoxy groups -OCH3 is 1. The van der Waals surface area contributed by atoms with Crippen molar-refractivity contribution in [3.63, 3.8) is 0 Å². The summed E-state index contributed by atoms with van der Waals surface area (Å²) in [5.74, 6) is 0.603. The normalized spacial score (nSPS) is 34.2. The molecule has 13 heavy (non-hydrogen) atoms. The molecule has 0 atom stereocenters. The Kier molecular flexibility index (Phi) is 3.31. The molecular weight excluding hydrogens is 166 g/mol. The number of esters is 1. The van der Waals surface area contributed by atoms with Crippen LogP contribution in [0.1, 0.15) is 32.6 Å². The average Bonchev–Trinajstić information content (AvgIpc) is 2.18. The van der Waals surface area contributed by atoms with E-state index in [0.717, 1.165) is 31.6 Å². The fourth-order valence-electron chi connectivity index (χ4n) is 2.02. The van der Waals surface area contributed by atoms with Gasteiger partial charge in [0.15, 0.2) is 0 Å². The molecule has 1 saturated carbocycles. The van der Waals surface area contributed by atoms with Crippen molar-refractivity contribution in [1.29, 1.82) is 0 Å². The van der Waals surface area contributed by atoms with E-state index in [1.807, 2.05) is 0 Å². The Hall–Kier alpha value is -0.570. The van der Waals surface area contributed by atoms with E-state index in [4.69, 9.17) is 10.5 Å². The molecule has 3 nitrogen and oxygen atoms in total. The summed E-state index contributed by atoms with van der Waals surface area (Å²) in [4.78, 5) is 11.5. The summed E-state index contributed by atoms with van der Waals surface area (Å²) in [6.07, 6.45) is 3.95. The molecule has 0 aromatic heterocycles. The minimum Gasteiger partial charge on any atom is -0.469 e. The van der Waals surface area contributed by atoms with Crippen LogP contribution in [0.5, 0.6) is 0 Å². The predicted octanol–water partition coefficient (Wildman–Crippen LogP) is 1.31. The minimum absolute atomic E-state index is 0.123. The van der Waals surface area contributed by atoms with Crippen molar-refractivity contribution in [2.75, 3.05) is 13.7 Å². The first-order chi connectivity index (χ1) is 6.14. The number of carbonyl (C=O) groups is 1. The lowest BCUT2D eigenvalue weighted by Crippen LogP contribution is -2.42. The second-order valence-corrected chi connectivity index (χ2v) is 4.16. The van der Waals surface area contributed by atoms with E-state index >= 15 is 0 Å². The van der Waals surface area contributed by atoms with Gasteiger partial charge in [-0.25, -0.2) is 0 Å². The standard InChI is InChI=1S/C10H19NO2/c1-8-3-5-10(7-11,6-4-8)9(12)13-2/h8H,3-7,11H2,1-2H3. The monoisotopic (exact) mass is 185 g/mol. The van der Waals surface area contributed by atoms with E-state index in [9.17, 15) is 4.79 Å². The van der Waals surface area contributed by atoms with E-state index in [1.54, 1.807) is 0 Å². The van der Waals surface area contributed by atoms with Crippen molar-refractivity contribution in [2.45, 2.75) is 32.6 Å². The molecule has 3 heteroatoms. The molecular formula is C10H19NO2. The number of carbonyl (C=O) groups excluding carboxylic acids is 1. The molecule has 0 saturated heterocycles. The highest BCUT2D eigenvalue weighted by molar-refractivity contribution is 5.77. The molecule has 0 heterocycles. The highest BCUT2D eigenvalue weighted by Gasteiger charge is 2.40. The molecule has 1 fully saturated rings. The van der Waals surface area contributed by atoms with Crippen LogP contribution in [-0.2, 0) is 9.53 Å². The molecule has 0 unspecified atom stereocenters. The van der Waals surface area contributed by atoms with E-state index in [2.05, 4.69) is 6.92 Å². The summed E-state index contributed by atoms with van der Waals surface area (Å²) in [7, 11) is 1.44. The third-order valence-corrected chi connectivity index (χ3v) is 3.24. The second-order valence-electron chi connectivity index (χ2n) is 4.16. The molecule has 1 rings (SSSR count). The largest absolute Gasteiger partial charge is 0.469 e. The van der Waals surface area contributed by atoms with Crippen molar-refractivity contribution in [2.24, 2.45) is 17.1 Å². The third kappa shape index (κ3) is 2.02. The number of hydrogen-bond acceptors (Lipinski definition) is 3. The zero-order valence-corrected chi connectivity index (χ0v) is 8.51. The van der Waals surface area contributed by atoms with Crippen LogP contribution < -0.4 is 5.73 Å². The van der Waals surface area contributed by atoms with Crippen molar-refractivity contribution in [3.8, 4) is 0 Å². The lowest BCUT2D eigenvalue weighted by Gasteiger charge is -2.35. The lowest BCUT2D eigenvalue weighted by molar-refractivity contribution is -0.154. The molecule has 0 aromatic carbocycles. The first-order valence-electron chi connectivity index (χ1n) is 4.93. The van der Waals surface area contributed by atoms with Crippen LogP contribution in [0, 0.1) is 11.3 Å². The summed E-state index contributed by atoms with van der Waals surface area (Å²) < 4.78 is 4.80. The topological polar surface area (TPSA) is 52.3 Å². The highest BCUT2D eigenvalue weighted by atomic mass is 16.5. The Bertz CT molecular complexity index is 183. The van der Waals surface area contributed by atoms with Crippen LogP contribution in [0.4, 0.5) is 0 Å². The number of nitrogens with two attached hydrogens (primary N) is 1. The van der Waals surface area contributed by atoms with Gasteiger partial charge in [-0.15, -0.1) is 0 Å². The Morgan fingerprint density at radius 3 is 2.46 bits per heavy atom. The fraction of sp³-hybridized carbons (Fsp3) is 0.900. The summed E-state index contributed by atoms with van der Waals surface area (Å²) in [5.41, 5.74) is 5.29. The van der Waals surface area contributed by atoms with Gasteiger partial charge in [0.1, 0.15) is 0 Å². The lowest BCUT2D eigenvalue weighted by atomic mass is 9.71. The zero-order chi connectivity index (χ0) is 9.90. The van der Waals surface area contributed by atoms with E-state index in [0.29, 0.717) is 6.54 Å². The molecule has 0 aromatic rings. The number of rotatable bonds is 2. The minimum atomic E-state index is -0.374. The first-order valence-corrected chi connectivity index (χ1v) is 4.93.